The minimum Gasteiger partial charge on any atom is -0.338 e. The molecule has 2 heterocycles. The van der Waals surface area contributed by atoms with Crippen molar-refractivity contribution in [2.24, 2.45) is 5.92 Å². The Morgan fingerprint density at radius 1 is 1.33 bits per heavy atom. The van der Waals surface area contributed by atoms with Gasteiger partial charge in [-0.3, -0.25) is 9.36 Å². The molecule has 1 atom stereocenters. The first kappa shape index (κ1) is 14.1. The molecule has 1 fully saturated rings. The lowest BCUT2D eigenvalue weighted by molar-refractivity contribution is 0.0683. The van der Waals surface area contributed by atoms with Gasteiger partial charge in [0.05, 0.1) is 10.6 Å². The lowest BCUT2D eigenvalue weighted by Crippen LogP contribution is -2.39. The van der Waals surface area contributed by atoms with E-state index in [2.05, 4.69) is 17.1 Å². The average molecular weight is 305 g/mol. The number of halogens is 1. The van der Waals surface area contributed by atoms with Crippen molar-refractivity contribution in [3.05, 3.63) is 41.4 Å². The zero-order valence-corrected chi connectivity index (χ0v) is 12.6. The van der Waals surface area contributed by atoms with Crippen LogP contribution in [0.2, 0.25) is 5.02 Å². The summed E-state index contributed by atoms with van der Waals surface area (Å²) in [7, 11) is 0. The minimum absolute atomic E-state index is 0.0156. The molecule has 2 aromatic rings. The van der Waals surface area contributed by atoms with Gasteiger partial charge < -0.3 is 4.90 Å². The molecule has 1 saturated heterocycles. The number of likely N-dealkylation sites (tertiary alicyclic amines) is 1. The number of amides is 1. The number of nitrogens with zero attached hydrogens (tertiary/aromatic N) is 4. The molecule has 5 nitrogen and oxygen atoms in total. The summed E-state index contributed by atoms with van der Waals surface area (Å²) >= 11 is 6.30. The van der Waals surface area contributed by atoms with Gasteiger partial charge in [0, 0.05) is 18.8 Å². The van der Waals surface area contributed by atoms with E-state index in [1.165, 1.54) is 6.42 Å². The van der Waals surface area contributed by atoms with Crippen LogP contribution in [-0.2, 0) is 0 Å². The Hall–Kier alpha value is -1.88. The zero-order chi connectivity index (χ0) is 14.8. The molecule has 0 unspecified atom stereocenters. The van der Waals surface area contributed by atoms with Crippen molar-refractivity contribution in [2.45, 2.75) is 19.8 Å². The molecule has 0 bridgehead atoms. The van der Waals surface area contributed by atoms with Gasteiger partial charge >= 0.3 is 0 Å². The fraction of sp³-hybridized carbons (Fsp3) is 0.400. The Kier molecular flexibility index (Phi) is 3.92. The lowest BCUT2D eigenvalue weighted by Gasteiger charge is -2.31. The number of carbonyl (C=O) groups excluding carboxylic acids is 1. The maximum atomic E-state index is 12.6. The molecule has 0 spiro atoms. The number of hydrogen-bond donors (Lipinski definition) is 0. The van der Waals surface area contributed by atoms with Crippen LogP contribution in [-0.4, -0.2) is 38.7 Å². The van der Waals surface area contributed by atoms with Crippen LogP contribution in [0.4, 0.5) is 0 Å². The summed E-state index contributed by atoms with van der Waals surface area (Å²) in [6, 6.07) is 5.40. The Morgan fingerprint density at radius 2 is 2.10 bits per heavy atom. The molecule has 0 radical (unpaired) electrons. The molecule has 1 amide bonds. The topological polar surface area (TPSA) is 51.0 Å². The van der Waals surface area contributed by atoms with Gasteiger partial charge in [0.1, 0.15) is 12.7 Å². The van der Waals surface area contributed by atoms with Crippen LogP contribution >= 0.6 is 11.6 Å². The van der Waals surface area contributed by atoms with Crippen molar-refractivity contribution in [1.82, 2.24) is 19.7 Å². The summed E-state index contributed by atoms with van der Waals surface area (Å²) in [5.74, 6) is 0.569. The number of benzene rings is 1. The fourth-order valence-electron chi connectivity index (χ4n) is 2.72. The van der Waals surface area contributed by atoms with Gasteiger partial charge in [0.2, 0.25) is 0 Å². The van der Waals surface area contributed by atoms with Crippen LogP contribution in [0.1, 0.15) is 30.1 Å². The molecular formula is C15H17ClN4O. The summed E-state index contributed by atoms with van der Waals surface area (Å²) < 4.78 is 1.75. The summed E-state index contributed by atoms with van der Waals surface area (Å²) in [6.07, 6.45) is 5.44. The van der Waals surface area contributed by atoms with E-state index in [0.29, 0.717) is 16.5 Å². The number of hydrogen-bond acceptors (Lipinski definition) is 3. The maximum Gasteiger partial charge on any atom is 0.255 e. The average Bonchev–Trinajstić information content (AvgIpc) is 3.00. The first-order valence-corrected chi connectivity index (χ1v) is 7.47. The maximum absolute atomic E-state index is 12.6. The van der Waals surface area contributed by atoms with E-state index in [9.17, 15) is 4.79 Å². The van der Waals surface area contributed by atoms with E-state index < -0.39 is 0 Å². The smallest absolute Gasteiger partial charge is 0.255 e. The number of carbonyl (C=O) groups is 1. The Labute approximate surface area is 128 Å². The highest BCUT2D eigenvalue weighted by Crippen LogP contribution is 2.24. The van der Waals surface area contributed by atoms with Crippen LogP contribution in [0.25, 0.3) is 5.69 Å². The van der Waals surface area contributed by atoms with Crippen molar-refractivity contribution in [3.63, 3.8) is 0 Å². The molecule has 0 aliphatic carbocycles. The van der Waals surface area contributed by atoms with Gasteiger partial charge in [-0.1, -0.05) is 18.5 Å². The summed E-state index contributed by atoms with van der Waals surface area (Å²) in [6.45, 7) is 3.80. The van der Waals surface area contributed by atoms with Crippen LogP contribution < -0.4 is 0 Å². The highest BCUT2D eigenvalue weighted by Gasteiger charge is 2.23. The normalized spacial score (nSPS) is 18.8. The SMILES string of the molecule is C[C@H]1CCCN(C(=O)c2ccc(-n3cnnc3)cc2Cl)C1. The third-order valence-electron chi connectivity index (χ3n) is 3.84. The largest absolute Gasteiger partial charge is 0.338 e. The summed E-state index contributed by atoms with van der Waals surface area (Å²) in [5, 5.41) is 7.99. The lowest BCUT2D eigenvalue weighted by atomic mass is 9.99. The van der Waals surface area contributed by atoms with Gasteiger partial charge in [-0.2, -0.15) is 0 Å². The molecule has 1 aromatic heterocycles. The van der Waals surface area contributed by atoms with Gasteiger partial charge in [-0.15, -0.1) is 10.2 Å². The predicted molar refractivity (Wildman–Crippen MR) is 80.7 cm³/mol. The van der Waals surface area contributed by atoms with E-state index in [-0.39, 0.29) is 5.91 Å². The van der Waals surface area contributed by atoms with Crippen LogP contribution in [0.15, 0.2) is 30.9 Å². The second-order valence-corrected chi connectivity index (χ2v) is 5.94. The number of rotatable bonds is 2. The highest BCUT2D eigenvalue weighted by atomic mass is 35.5. The molecule has 110 valence electrons. The van der Waals surface area contributed by atoms with Gasteiger partial charge in [0.15, 0.2) is 0 Å². The summed E-state index contributed by atoms with van der Waals surface area (Å²) in [5.41, 5.74) is 1.40. The second-order valence-electron chi connectivity index (χ2n) is 5.53. The Morgan fingerprint density at radius 3 is 2.76 bits per heavy atom. The monoisotopic (exact) mass is 304 g/mol. The molecule has 6 heteroatoms. The first-order valence-electron chi connectivity index (χ1n) is 7.09. The molecule has 0 saturated carbocycles. The highest BCUT2D eigenvalue weighted by molar-refractivity contribution is 6.34. The Bertz CT molecular complexity index is 641. The van der Waals surface area contributed by atoms with Crippen LogP contribution in [0.5, 0.6) is 0 Å². The third kappa shape index (κ3) is 2.93. The third-order valence-corrected chi connectivity index (χ3v) is 4.16. The standard InChI is InChI=1S/C15H17ClN4O/c1-11-3-2-6-19(8-11)15(21)13-5-4-12(7-14(13)16)20-9-17-18-10-20/h4-5,7,9-11H,2-3,6,8H2,1H3/t11-/m0/s1. The Balaban J connectivity index is 1.84. The van der Waals surface area contributed by atoms with Gasteiger partial charge in [-0.05, 0) is 37.0 Å². The quantitative estimate of drug-likeness (QED) is 0.857. The van der Waals surface area contributed by atoms with E-state index in [1.807, 2.05) is 11.0 Å². The van der Waals surface area contributed by atoms with Crippen molar-refractivity contribution in [2.75, 3.05) is 13.1 Å². The fourth-order valence-corrected chi connectivity index (χ4v) is 2.97. The number of piperidine rings is 1. The van der Waals surface area contributed by atoms with Crippen LogP contribution in [0.3, 0.4) is 0 Å². The minimum atomic E-state index is 0.0156. The van der Waals surface area contributed by atoms with E-state index in [4.69, 9.17) is 11.6 Å². The molecule has 0 N–H and O–H groups in total. The van der Waals surface area contributed by atoms with E-state index in [0.717, 1.165) is 25.2 Å². The van der Waals surface area contributed by atoms with Crippen molar-refractivity contribution >= 4 is 17.5 Å². The predicted octanol–water partition coefficient (Wildman–Crippen LogP) is 2.79. The number of aromatic nitrogens is 3. The van der Waals surface area contributed by atoms with Crippen molar-refractivity contribution in [1.29, 1.82) is 0 Å². The summed E-state index contributed by atoms with van der Waals surface area (Å²) in [4.78, 5) is 14.5. The second kappa shape index (κ2) is 5.85. The molecule has 1 aliphatic heterocycles. The van der Waals surface area contributed by atoms with Gasteiger partial charge in [-0.25, -0.2) is 0 Å². The van der Waals surface area contributed by atoms with Crippen molar-refractivity contribution in [3.8, 4) is 5.69 Å². The van der Waals surface area contributed by atoms with Crippen molar-refractivity contribution < 1.29 is 4.79 Å². The zero-order valence-electron chi connectivity index (χ0n) is 11.9. The molecular weight excluding hydrogens is 288 g/mol. The molecule has 21 heavy (non-hydrogen) atoms. The van der Waals surface area contributed by atoms with E-state index >= 15 is 0 Å². The molecule has 3 rings (SSSR count). The molecule has 1 aliphatic rings. The van der Waals surface area contributed by atoms with Gasteiger partial charge in [0.25, 0.3) is 5.91 Å². The van der Waals surface area contributed by atoms with E-state index in [1.54, 1.807) is 29.4 Å². The molecule has 1 aromatic carbocycles. The first-order chi connectivity index (χ1) is 10.1. The van der Waals surface area contributed by atoms with Crippen LogP contribution in [0, 0.1) is 5.92 Å².